The first-order chi connectivity index (χ1) is 14.0. The fourth-order valence-electron chi connectivity index (χ4n) is 3.09. The van der Waals surface area contributed by atoms with Crippen LogP contribution in [0.2, 0.25) is 0 Å². The molecule has 0 saturated heterocycles. The lowest BCUT2D eigenvalue weighted by molar-refractivity contribution is -0.676. The van der Waals surface area contributed by atoms with E-state index in [1.165, 1.54) is 12.1 Å². The van der Waals surface area contributed by atoms with E-state index < -0.39 is 6.61 Å². The van der Waals surface area contributed by atoms with Crippen molar-refractivity contribution < 1.29 is 23.6 Å². The van der Waals surface area contributed by atoms with E-state index in [1.807, 2.05) is 66.8 Å². The highest BCUT2D eigenvalue weighted by Crippen LogP contribution is 2.25. The number of aryl methyl sites for hydroxylation is 1. The van der Waals surface area contributed by atoms with E-state index in [9.17, 15) is 13.6 Å². The molecule has 6 heteroatoms. The third-order valence-electron chi connectivity index (χ3n) is 4.51. The monoisotopic (exact) mass is 397 g/mol. The van der Waals surface area contributed by atoms with Crippen LogP contribution in [-0.2, 0) is 4.79 Å². The maximum atomic E-state index is 12.6. The SMILES string of the molecule is Cc1ccc([C@H]([NH2+]CC(=O)Nc2ccccc2OC(F)F)c2ccccc2)cc1. The molecule has 0 aliphatic rings. The largest absolute Gasteiger partial charge is 0.433 e. The van der Waals surface area contributed by atoms with Crippen molar-refractivity contribution in [1.29, 1.82) is 0 Å². The van der Waals surface area contributed by atoms with Gasteiger partial charge >= 0.3 is 6.61 Å². The van der Waals surface area contributed by atoms with Gasteiger partial charge in [-0.1, -0.05) is 72.3 Å². The van der Waals surface area contributed by atoms with E-state index in [0.717, 1.165) is 16.7 Å². The Morgan fingerprint density at radius 3 is 2.24 bits per heavy atom. The van der Waals surface area contributed by atoms with Crippen LogP contribution in [0.4, 0.5) is 14.5 Å². The van der Waals surface area contributed by atoms with Gasteiger partial charge in [0.2, 0.25) is 0 Å². The van der Waals surface area contributed by atoms with Crippen LogP contribution in [0, 0.1) is 6.92 Å². The van der Waals surface area contributed by atoms with E-state index in [2.05, 4.69) is 10.1 Å². The third-order valence-corrected chi connectivity index (χ3v) is 4.51. The lowest BCUT2D eigenvalue weighted by Gasteiger charge is -2.17. The van der Waals surface area contributed by atoms with Crippen molar-refractivity contribution in [2.75, 3.05) is 11.9 Å². The summed E-state index contributed by atoms with van der Waals surface area (Å²) in [5, 5.41) is 4.58. The molecule has 1 amide bonds. The first-order valence-corrected chi connectivity index (χ1v) is 9.31. The molecule has 0 aliphatic heterocycles. The number of ether oxygens (including phenoxy) is 1. The summed E-state index contributed by atoms with van der Waals surface area (Å²) >= 11 is 0. The van der Waals surface area contributed by atoms with Gasteiger partial charge in [-0.25, -0.2) is 0 Å². The highest BCUT2D eigenvalue weighted by atomic mass is 19.3. The van der Waals surface area contributed by atoms with Gasteiger partial charge < -0.3 is 15.4 Å². The van der Waals surface area contributed by atoms with Gasteiger partial charge in [-0.15, -0.1) is 0 Å². The lowest BCUT2D eigenvalue weighted by Crippen LogP contribution is -2.87. The van der Waals surface area contributed by atoms with Crippen LogP contribution < -0.4 is 15.4 Å². The molecule has 0 radical (unpaired) electrons. The number of anilines is 1. The van der Waals surface area contributed by atoms with Gasteiger partial charge in [0.15, 0.2) is 6.54 Å². The predicted octanol–water partition coefficient (Wildman–Crippen LogP) is 3.89. The summed E-state index contributed by atoms with van der Waals surface area (Å²) in [6, 6.07) is 24.2. The van der Waals surface area contributed by atoms with Crippen LogP contribution >= 0.6 is 0 Å². The number of carbonyl (C=O) groups excluding carboxylic acids is 1. The van der Waals surface area contributed by atoms with Crippen molar-refractivity contribution in [3.05, 3.63) is 95.6 Å². The summed E-state index contributed by atoms with van der Waals surface area (Å²) in [4.78, 5) is 12.5. The van der Waals surface area contributed by atoms with E-state index in [-0.39, 0.29) is 29.9 Å². The molecule has 4 nitrogen and oxygen atoms in total. The molecule has 3 aromatic rings. The van der Waals surface area contributed by atoms with Gasteiger partial charge in [0.25, 0.3) is 5.91 Å². The second-order valence-electron chi connectivity index (χ2n) is 6.66. The Bertz CT molecular complexity index is 931. The average molecular weight is 397 g/mol. The van der Waals surface area contributed by atoms with Crippen LogP contribution in [-0.4, -0.2) is 19.1 Å². The minimum absolute atomic E-state index is 0.0601. The number of para-hydroxylation sites is 2. The fraction of sp³-hybridized carbons (Fsp3) is 0.174. The summed E-state index contributed by atoms with van der Waals surface area (Å²) < 4.78 is 29.6. The molecule has 3 aromatic carbocycles. The molecule has 0 heterocycles. The maximum absolute atomic E-state index is 12.6. The molecule has 0 bridgehead atoms. The molecule has 0 aliphatic carbocycles. The zero-order valence-electron chi connectivity index (χ0n) is 16.0. The number of benzene rings is 3. The quantitative estimate of drug-likeness (QED) is 0.606. The van der Waals surface area contributed by atoms with E-state index in [1.54, 1.807) is 12.1 Å². The lowest BCUT2D eigenvalue weighted by atomic mass is 9.98. The molecular weight excluding hydrogens is 374 g/mol. The second kappa shape index (κ2) is 9.80. The highest BCUT2D eigenvalue weighted by Gasteiger charge is 2.19. The number of alkyl halides is 2. The summed E-state index contributed by atoms with van der Waals surface area (Å²) in [5.74, 6) is -0.364. The van der Waals surface area contributed by atoms with Crippen LogP contribution in [0.5, 0.6) is 5.75 Å². The molecule has 0 aromatic heterocycles. The van der Waals surface area contributed by atoms with E-state index >= 15 is 0 Å². The summed E-state index contributed by atoms with van der Waals surface area (Å²) in [6.07, 6.45) is 0. The summed E-state index contributed by atoms with van der Waals surface area (Å²) in [6.45, 7) is -0.808. The number of rotatable bonds is 8. The Balaban J connectivity index is 1.71. The van der Waals surface area contributed by atoms with Crippen LogP contribution in [0.15, 0.2) is 78.9 Å². The molecule has 0 spiro atoms. The van der Waals surface area contributed by atoms with E-state index in [4.69, 9.17) is 0 Å². The molecule has 0 unspecified atom stereocenters. The van der Waals surface area contributed by atoms with Crippen LogP contribution in [0.25, 0.3) is 0 Å². The minimum atomic E-state index is -2.95. The minimum Gasteiger partial charge on any atom is -0.433 e. The van der Waals surface area contributed by atoms with Crippen molar-refractivity contribution in [3.8, 4) is 5.75 Å². The standard InChI is InChI=1S/C23H22F2N2O2/c1-16-11-13-18(14-12-16)22(17-7-3-2-4-8-17)26-15-21(28)27-19-9-5-6-10-20(19)29-23(24)25/h2-14,22-23,26H,15H2,1H3,(H,27,28)/p+1/t22-/m1/s1. The van der Waals surface area contributed by atoms with Gasteiger partial charge in [0.1, 0.15) is 11.8 Å². The zero-order valence-corrected chi connectivity index (χ0v) is 16.0. The normalized spacial score (nSPS) is 11.9. The molecule has 150 valence electrons. The van der Waals surface area contributed by atoms with Crippen LogP contribution in [0.1, 0.15) is 22.7 Å². The number of carbonyl (C=O) groups is 1. The summed E-state index contributed by atoms with van der Waals surface area (Å²) in [7, 11) is 0. The Morgan fingerprint density at radius 1 is 0.931 bits per heavy atom. The third kappa shape index (κ3) is 5.86. The molecule has 3 rings (SSSR count). The Labute approximate surface area is 168 Å². The molecule has 29 heavy (non-hydrogen) atoms. The Kier molecular flexibility index (Phi) is 6.92. The van der Waals surface area contributed by atoms with Gasteiger partial charge in [-0.2, -0.15) is 8.78 Å². The second-order valence-corrected chi connectivity index (χ2v) is 6.66. The predicted molar refractivity (Wildman–Crippen MR) is 108 cm³/mol. The smallest absolute Gasteiger partial charge is 0.387 e. The number of hydrogen-bond donors (Lipinski definition) is 2. The molecule has 0 saturated carbocycles. The van der Waals surface area contributed by atoms with Gasteiger partial charge in [0, 0.05) is 11.1 Å². The van der Waals surface area contributed by atoms with Crippen LogP contribution in [0.3, 0.4) is 0 Å². The van der Waals surface area contributed by atoms with E-state index in [0.29, 0.717) is 0 Å². The maximum Gasteiger partial charge on any atom is 0.387 e. The fourth-order valence-corrected chi connectivity index (χ4v) is 3.09. The number of quaternary nitrogens is 1. The van der Waals surface area contributed by atoms with Gasteiger partial charge in [-0.05, 0) is 19.1 Å². The number of hydrogen-bond acceptors (Lipinski definition) is 2. The van der Waals surface area contributed by atoms with Crippen molar-refractivity contribution in [1.82, 2.24) is 0 Å². The first-order valence-electron chi connectivity index (χ1n) is 9.31. The molecule has 1 atom stereocenters. The number of amides is 1. The van der Waals surface area contributed by atoms with Crippen molar-refractivity contribution >= 4 is 11.6 Å². The van der Waals surface area contributed by atoms with Crippen molar-refractivity contribution in [3.63, 3.8) is 0 Å². The Hall–Kier alpha value is -3.25. The zero-order chi connectivity index (χ0) is 20.6. The van der Waals surface area contributed by atoms with Gasteiger partial charge in [-0.3, -0.25) is 4.79 Å². The molecule has 0 fully saturated rings. The molecular formula is C23H23F2N2O2+. The van der Waals surface area contributed by atoms with Gasteiger partial charge in [0.05, 0.1) is 5.69 Å². The topological polar surface area (TPSA) is 54.9 Å². The number of nitrogens with two attached hydrogens (primary N) is 1. The number of halogens is 2. The molecule has 3 N–H and O–H groups in total. The Morgan fingerprint density at radius 2 is 1.55 bits per heavy atom. The van der Waals surface area contributed by atoms with Crippen molar-refractivity contribution in [2.24, 2.45) is 0 Å². The van der Waals surface area contributed by atoms with Crippen molar-refractivity contribution in [2.45, 2.75) is 19.6 Å². The highest BCUT2D eigenvalue weighted by molar-refractivity contribution is 5.92. The number of nitrogens with one attached hydrogen (secondary N) is 1. The summed E-state index contributed by atoms with van der Waals surface area (Å²) in [5.41, 5.74) is 3.54. The average Bonchev–Trinajstić information content (AvgIpc) is 2.71. The first kappa shape index (κ1) is 20.5.